The van der Waals surface area contributed by atoms with Gasteiger partial charge in [-0.05, 0) is 43.2 Å². The van der Waals surface area contributed by atoms with Gasteiger partial charge in [0, 0.05) is 0 Å². The summed E-state index contributed by atoms with van der Waals surface area (Å²) in [5.41, 5.74) is 2.45. The summed E-state index contributed by atoms with van der Waals surface area (Å²) in [6.07, 6.45) is 4.63. The zero-order valence-corrected chi connectivity index (χ0v) is 16.8. The molecule has 2 heterocycles. The first kappa shape index (κ1) is 19.2. The van der Waals surface area contributed by atoms with Crippen LogP contribution >= 0.6 is 0 Å². The van der Waals surface area contributed by atoms with E-state index in [0.29, 0.717) is 23.1 Å². The second kappa shape index (κ2) is 8.11. The lowest BCUT2D eigenvalue weighted by molar-refractivity contribution is 0.0938. The van der Waals surface area contributed by atoms with Gasteiger partial charge < -0.3 is 14.5 Å². The molecule has 0 saturated heterocycles. The molecule has 1 aliphatic heterocycles. The van der Waals surface area contributed by atoms with E-state index in [1.165, 1.54) is 19.3 Å². The van der Waals surface area contributed by atoms with E-state index in [1.807, 2.05) is 37.3 Å². The van der Waals surface area contributed by atoms with Crippen LogP contribution in [0.3, 0.4) is 0 Å². The summed E-state index contributed by atoms with van der Waals surface area (Å²) in [5, 5.41) is 3.38. The number of rotatable bonds is 7. The zero-order valence-electron chi connectivity index (χ0n) is 16.8. The van der Waals surface area contributed by atoms with Crippen LogP contribution in [0.2, 0.25) is 0 Å². The molecule has 1 amide bonds. The Hall–Kier alpha value is -3.08. The largest absolute Gasteiger partial charge is 0.494 e. The standard InChI is InChI=1S/C24H25NO4/c1-3-4-5-6-13-28-17-10-8-16(9-11-17)21-20-22(26)18-14-15(2)7-12-19(18)29-23(20)24(27)25-21/h7-12,14,21H,3-6,13H2,1-2H3,(H,25,27). The molecule has 3 aromatic rings. The van der Waals surface area contributed by atoms with E-state index in [0.717, 1.165) is 23.3 Å². The molecule has 0 aliphatic carbocycles. The Morgan fingerprint density at radius 2 is 1.83 bits per heavy atom. The van der Waals surface area contributed by atoms with Gasteiger partial charge in [-0.1, -0.05) is 49.9 Å². The zero-order chi connectivity index (χ0) is 20.4. The van der Waals surface area contributed by atoms with Crippen molar-refractivity contribution in [1.29, 1.82) is 0 Å². The van der Waals surface area contributed by atoms with E-state index in [9.17, 15) is 9.59 Å². The van der Waals surface area contributed by atoms with Crippen LogP contribution in [0.1, 0.15) is 65.9 Å². The first-order valence-electron chi connectivity index (χ1n) is 10.2. The van der Waals surface area contributed by atoms with E-state index in [2.05, 4.69) is 12.2 Å². The molecule has 0 saturated carbocycles. The maximum absolute atomic E-state index is 13.1. The number of amides is 1. The average Bonchev–Trinajstić information content (AvgIpc) is 3.06. The van der Waals surface area contributed by atoms with Gasteiger partial charge >= 0.3 is 0 Å². The van der Waals surface area contributed by atoms with Crippen molar-refractivity contribution in [2.24, 2.45) is 0 Å². The van der Waals surface area contributed by atoms with Gasteiger partial charge in [-0.2, -0.15) is 0 Å². The van der Waals surface area contributed by atoms with Crippen LogP contribution in [-0.4, -0.2) is 12.5 Å². The van der Waals surface area contributed by atoms with Gasteiger partial charge in [0.05, 0.1) is 23.6 Å². The summed E-state index contributed by atoms with van der Waals surface area (Å²) in [6, 6.07) is 12.4. The average molecular weight is 391 g/mol. The van der Waals surface area contributed by atoms with Crippen LogP contribution in [0.5, 0.6) is 5.75 Å². The fraction of sp³-hybridized carbons (Fsp3) is 0.333. The summed E-state index contributed by atoms with van der Waals surface area (Å²) >= 11 is 0. The van der Waals surface area contributed by atoms with Crippen molar-refractivity contribution in [3.05, 3.63) is 75.1 Å². The second-order valence-electron chi connectivity index (χ2n) is 7.56. The molecule has 150 valence electrons. The summed E-state index contributed by atoms with van der Waals surface area (Å²) in [7, 11) is 0. The van der Waals surface area contributed by atoms with E-state index < -0.39 is 6.04 Å². The molecule has 5 nitrogen and oxygen atoms in total. The number of nitrogens with one attached hydrogen (secondary N) is 1. The lowest BCUT2D eigenvalue weighted by Crippen LogP contribution is -2.21. The minimum absolute atomic E-state index is 0.104. The van der Waals surface area contributed by atoms with E-state index in [-0.39, 0.29) is 17.1 Å². The molecule has 1 aromatic heterocycles. The normalized spacial score (nSPS) is 15.4. The predicted molar refractivity (Wildman–Crippen MR) is 113 cm³/mol. The number of carbonyl (C=O) groups excluding carboxylic acids is 1. The van der Waals surface area contributed by atoms with Gasteiger partial charge in [-0.15, -0.1) is 0 Å². The molecule has 0 fully saturated rings. The van der Waals surface area contributed by atoms with Gasteiger partial charge in [0.15, 0.2) is 5.43 Å². The molecule has 0 spiro atoms. The van der Waals surface area contributed by atoms with E-state index >= 15 is 0 Å². The molecule has 1 atom stereocenters. The maximum atomic E-state index is 13.1. The molecular formula is C24H25NO4. The van der Waals surface area contributed by atoms with Crippen molar-refractivity contribution in [3.8, 4) is 5.75 Å². The first-order chi connectivity index (χ1) is 14.1. The third-order valence-corrected chi connectivity index (χ3v) is 5.33. The van der Waals surface area contributed by atoms with Gasteiger partial charge in [0.25, 0.3) is 5.91 Å². The SMILES string of the molecule is CCCCCCOc1ccc(C2NC(=O)c3oc4ccc(C)cc4c(=O)c32)cc1. The van der Waals surface area contributed by atoms with Crippen molar-refractivity contribution < 1.29 is 13.9 Å². The van der Waals surface area contributed by atoms with Crippen molar-refractivity contribution in [2.45, 2.75) is 45.6 Å². The Kier molecular flexibility index (Phi) is 5.38. The van der Waals surface area contributed by atoms with Crippen molar-refractivity contribution in [1.82, 2.24) is 5.32 Å². The molecule has 0 bridgehead atoms. The molecular weight excluding hydrogens is 366 g/mol. The van der Waals surface area contributed by atoms with Crippen molar-refractivity contribution in [3.63, 3.8) is 0 Å². The smallest absolute Gasteiger partial charge is 0.288 e. The first-order valence-corrected chi connectivity index (χ1v) is 10.2. The topological polar surface area (TPSA) is 68.5 Å². The molecule has 5 heteroatoms. The lowest BCUT2D eigenvalue weighted by atomic mass is 9.99. The molecule has 1 aliphatic rings. The summed E-state index contributed by atoms with van der Waals surface area (Å²) in [6.45, 7) is 4.80. The number of ether oxygens (including phenoxy) is 1. The number of fused-ring (bicyclic) bond motifs is 2. The highest BCUT2D eigenvalue weighted by Gasteiger charge is 2.35. The molecule has 4 rings (SSSR count). The molecule has 1 N–H and O–H groups in total. The van der Waals surface area contributed by atoms with Crippen LogP contribution < -0.4 is 15.5 Å². The predicted octanol–water partition coefficient (Wildman–Crippen LogP) is 4.89. The highest BCUT2D eigenvalue weighted by Crippen LogP contribution is 2.31. The van der Waals surface area contributed by atoms with Gasteiger partial charge in [-0.25, -0.2) is 0 Å². The molecule has 1 unspecified atom stereocenters. The Balaban J connectivity index is 1.60. The monoisotopic (exact) mass is 391 g/mol. The van der Waals surface area contributed by atoms with Crippen molar-refractivity contribution in [2.75, 3.05) is 6.61 Å². The number of hydrogen-bond acceptors (Lipinski definition) is 4. The summed E-state index contributed by atoms with van der Waals surface area (Å²) in [5.74, 6) is 0.532. The quantitative estimate of drug-likeness (QED) is 0.582. The van der Waals surface area contributed by atoms with Crippen LogP contribution in [0.25, 0.3) is 11.0 Å². The number of benzene rings is 2. The fourth-order valence-corrected chi connectivity index (χ4v) is 3.75. The van der Waals surface area contributed by atoms with Gasteiger partial charge in [0.2, 0.25) is 5.76 Å². The van der Waals surface area contributed by atoms with Crippen LogP contribution in [0.4, 0.5) is 0 Å². The van der Waals surface area contributed by atoms with Gasteiger partial charge in [0.1, 0.15) is 11.3 Å². The maximum Gasteiger partial charge on any atom is 0.288 e. The van der Waals surface area contributed by atoms with E-state index in [1.54, 1.807) is 12.1 Å². The third kappa shape index (κ3) is 3.77. The van der Waals surface area contributed by atoms with Crippen molar-refractivity contribution >= 4 is 16.9 Å². The second-order valence-corrected chi connectivity index (χ2v) is 7.56. The van der Waals surface area contributed by atoms with Crippen LogP contribution in [0.15, 0.2) is 51.7 Å². The van der Waals surface area contributed by atoms with Gasteiger partial charge in [-0.3, -0.25) is 9.59 Å². The number of carbonyl (C=O) groups is 1. The number of unbranched alkanes of at least 4 members (excludes halogenated alkanes) is 3. The lowest BCUT2D eigenvalue weighted by Gasteiger charge is -2.13. The Morgan fingerprint density at radius 1 is 1.03 bits per heavy atom. The minimum atomic E-state index is -0.516. The highest BCUT2D eigenvalue weighted by atomic mass is 16.5. The minimum Gasteiger partial charge on any atom is -0.494 e. The van der Waals surface area contributed by atoms with Crippen LogP contribution in [-0.2, 0) is 0 Å². The number of aryl methyl sites for hydroxylation is 1. The Bertz CT molecular complexity index is 1100. The molecule has 2 aromatic carbocycles. The third-order valence-electron chi connectivity index (χ3n) is 5.33. The Labute approximate surface area is 169 Å². The highest BCUT2D eigenvalue weighted by molar-refractivity contribution is 5.99. The summed E-state index contributed by atoms with van der Waals surface area (Å²) in [4.78, 5) is 25.6. The summed E-state index contributed by atoms with van der Waals surface area (Å²) < 4.78 is 11.6. The fourth-order valence-electron chi connectivity index (χ4n) is 3.75. The van der Waals surface area contributed by atoms with Crippen LogP contribution in [0, 0.1) is 6.92 Å². The van der Waals surface area contributed by atoms with E-state index in [4.69, 9.17) is 9.15 Å². The molecule has 29 heavy (non-hydrogen) atoms. The number of hydrogen-bond donors (Lipinski definition) is 1. The Morgan fingerprint density at radius 3 is 2.59 bits per heavy atom. The molecule has 0 radical (unpaired) electrons.